The van der Waals surface area contributed by atoms with E-state index in [1.54, 1.807) is 30.4 Å². The maximum Gasteiger partial charge on any atom is 0.412 e. The van der Waals surface area contributed by atoms with E-state index in [2.05, 4.69) is 36.5 Å². The molecule has 202 valence electrons. The quantitative estimate of drug-likeness (QED) is 0.164. The second-order valence-electron chi connectivity index (χ2n) is 8.68. The Hall–Kier alpha value is -5.42. The van der Waals surface area contributed by atoms with Gasteiger partial charge in [0, 0.05) is 37.1 Å². The normalized spacial score (nSPS) is 10.6. The second kappa shape index (κ2) is 12.4. The number of benzene rings is 3. The predicted octanol–water partition coefficient (Wildman–Crippen LogP) is 4.52. The minimum atomic E-state index is -0.652. The lowest BCUT2D eigenvalue weighted by Gasteiger charge is -2.25. The molecule has 0 aliphatic heterocycles. The van der Waals surface area contributed by atoms with Crippen LogP contribution in [0.5, 0.6) is 5.75 Å². The van der Waals surface area contributed by atoms with Gasteiger partial charge in [-0.1, -0.05) is 36.4 Å². The van der Waals surface area contributed by atoms with Gasteiger partial charge >= 0.3 is 6.09 Å². The molecule has 3 aromatic carbocycles. The van der Waals surface area contributed by atoms with Gasteiger partial charge in [0.1, 0.15) is 5.75 Å². The van der Waals surface area contributed by atoms with E-state index in [4.69, 9.17) is 4.74 Å². The number of aromatic amines is 1. The number of anilines is 3. The number of hydrogen-bond donors (Lipinski definition) is 5. The highest BCUT2D eigenvalue weighted by atomic mass is 16.6. The lowest BCUT2D eigenvalue weighted by molar-refractivity contribution is -0.121. The molecule has 0 fully saturated rings. The maximum absolute atomic E-state index is 12.4. The molecule has 0 radical (unpaired) electrons. The number of hydrogen-bond acceptors (Lipinski definition) is 8. The van der Waals surface area contributed by atoms with Gasteiger partial charge in [-0.3, -0.25) is 15.2 Å². The van der Waals surface area contributed by atoms with E-state index in [-0.39, 0.29) is 18.9 Å². The monoisotopic (exact) mass is 536 g/mol. The maximum atomic E-state index is 12.4. The molecule has 11 nitrogen and oxygen atoms in total. The summed E-state index contributed by atoms with van der Waals surface area (Å²) in [7, 11) is 1.76. The first-order valence-electron chi connectivity index (χ1n) is 12.6. The molecule has 2 heterocycles. The molecule has 2 amide bonds. The summed E-state index contributed by atoms with van der Waals surface area (Å²) in [6.07, 6.45) is 1.07. The van der Waals surface area contributed by atoms with Crippen molar-refractivity contribution in [2.75, 3.05) is 23.9 Å². The minimum absolute atomic E-state index is 0.0489. The largest absolute Gasteiger partial charge is 0.412 e. The highest BCUT2D eigenvalue weighted by molar-refractivity contribution is 5.87. The molecule has 0 aliphatic carbocycles. The summed E-state index contributed by atoms with van der Waals surface area (Å²) < 4.78 is 5.41. The van der Waals surface area contributed by atoms with Crippen molar-refractivity contribution < 1.29 is 14.3 Å². The first kappa shape index (κ1) is 26.2. The summed E-state index contributed by atoms with van der Waals surface area (Å²) in [5.74, 6) is 0.595. The Bertz CT molecular complexity index is 1550. The number of nitrogens with one attached hydrogen (secondary N) is 5. The number of rotatable bonds is 10. The summed E-state index contributed by atoms with van der Waals surface area (Å²) in [6.45, 7) is 0.0983. The van der Waals surface area contributed by atoms with Gasteiger partial charge in [-0.25, -0.2) is 14.8 Å². The molecule has 0 aliphatic rings. The van der Waals surface area contributed by atoms with Crippen molar-refractivity contribution >= 4 is 40.2 Å². The van der Waals surface area contributed by atoms with Crippen LogP contribution in [0, 0.1) is 0 Å². The van der Waals surface area contributed by atoms with Gasteiger partial charge < -0.3 is 20.4 Å². The topological polar surface area (TPSA) is 136 Å². The molecular weight excluding hydrogens is 508 g/mol. The van der Waals surface area contributed by atoms with Crippen molar-refractivity contribution in [3.8, 4) is 17.1 Å². The summed E-state index contributed by atoms with van der Waals surface area (Å²) in [6, 6.07) is 28.2. The number of ether oxygens (including phenoxy) is 1. The number of para-hydroxylation sites is 2. The van der Waals surface area contributed by atoms with Crippen LogP contribution in [0.25, 0.3) is 22.3 Å². The summed E-state index contributed by atoms with van der Waals surface area (Å²) in [5, 5.41) is 8.14. The summed E-state index contributed by atoms with van der Waals surface area (Å²) in [5.41, 5.74) is 9.74. The van der Waals surface area contributed by atoms with Gasteiger partial charge in [0.15, 0.2) is 0 Å². The SMILES string of the molecule is CNc1nccc(-c2cc3cc(OC(=O)NCCC(=O)NNN(c4ccccc4)c4ccccc4)ccc3[nH]2)n1. The molecule has 40 heavy (non-hydrogen) atoms. The first-order chi connectivity index (χ1) is 19.6. The van der Waals surface area contributed by atoms with E-state index in [0.717, 1.165) is 33.7 Å². The van der Waals surface area contributed by atoms with Crippen molar-refractivity contribution in [2.45, 2.75) is 6.42 Å². The van der Waals surface area contributed by atoms with Crippen LogP contribution >= 0.6 is 0 Å². The molecule has 0 bridgehead atoms. The molecule has 0 atom stereocenters. The Labute approximate surface area is 230 Å². The van der Waals surface area contributed by atoms with Crippen LogP contribution in [-0.4, -0.2) is 40.5 Å². The number of H-pyrrole nitrogens is 1. The van der Waals surface area contributed by atoms with Gasteiger partial charge in [-0.05, 0) is 54.6 Å². The second-order valence-corrected chi connectivity index (χ2v) is 8.68. The van der Waals surface area contributed by atoms with Crippen LogP contribution in [0.4, 0.5) is 22.1 Å². The Balaban J connectivity index is 1.12. The van der Waals surface area contributed by atoms with E-state index in [0.29, 0.717) is 11.7 Å². The van der Waals surface area contributed by atoms with Crippen molar-refractivity contribution in [2.24, 2.45) is 0 Å². The number of nitrogens with zero attached hydrogens (tertiary/aromatic N) is 3. The fraction of sp³-hybridized carbons (Fsp3) is 0.103. The van der Waals surface area contributed by atoms with E-state index >= 15 is 0 Å². The third kappa shape index (κ3) is 6.52. The number of carbonyl (C=O) groups is 2. The number of carbonyl (C=O) groups excluding carboxylic acids is 2. The zero-order valence-electron chi connectivity index (χ0n) is 21.7. The van der Waals surface area contributed by atoms with Crippen LogP contribution < -0.4 is 31.3 Å². The molecule has 0 saturated heterocycles. The van der Waals surface area contributed by atoms with Gasteiger partial charge in [-0.15, -0.1) is 5.53 Å². The Kier molecular flexibility index (Phi) is 8.13. The average molecular weight is 537 g/mol. The standard InChI is InChI=1S/C29H28N8O3/c1-30-28-31-16-14-25(34-28)26-19-20-18-23(12-13-24(20)33-26)40-29(39)32-17-15-27(38)35-36-37(21-8-4-2-5-9-21)22-10-6-3-7-11-22/h2-14,16,18-19,33,36H,15,17H2,1H3,(H,32,39)(H,35,38)(H,30,31,34). The lowest BCUT2D eigenvalue weighted by atomic mass is 10.2. The Morgan fingerprint density at radius 2 is 1.65 bits per heavy atom. The molecular formula is C29H28N8O3. The minimum Gasteiger partial charge on any atom is -0.410 e. The Morgan fingerprint density at radius 1 is 0.925 bits per heavy atom. The predicted molar refractivity (Wildman–Crippen MR) is 154 cm³/mol. The van der Waals surface area contributed by atoms with Crippen LogP contribution in [-0.2, 0) is 4.79 Å². The highest BCUT2D eigenvalue weighted by Crippen LogP contribution is 2.26. The molecule has 0 unspecified atom stereocenters. The van der Waals surface area contributed by atoms with Gasteiger partial charge in [0.2, 0.25) is 11.9 Å². The third-order valence-corrected chi connectivity index (χ3v) is 5.92. The number of amides is 2. The van der Waals surface area contributed by atoms with Gasteiger partial charge in [-0.2, -0.15) is 0 Å². The highest BCUT2D eigenvalue weighted by Gasteiger charge is 2.12. The van der Waals surface area contributed by atoms with Crippen molar-refractivity contribution in [1.82, 2.24) is 31.2 Å². The van der Waals surface area contributed by atoms with Crippen LogP contribution in [0.3, 0.4) is 0 Å². The molecule has 0 spiro atoms. The van der Waals surface area contributed by atoms with E-state index in [9.17, 15) is 9.59 Å². The molecule has 5 N–H and O–H groups in total. The molecule has 11 heteroatoms. The zero-order valence-corrected chi connectivity index (χ0v) is 21.7. The number of fused-ring (bicyclic) bond motifs is 1. The van der Waals surface area contributed by atoms with Crippen LogP contribution in [0.1, 0.15) is 6.42 Å². The summed E-state index contributed by atoms with van der Waals surface area (Å²) >= 11 is 0. The molecule has 5 aromatic rings. The van der Waals surface area contributed by atoms with Crippen molar-refractivity contribution in [3.63, 3.8) is 0 Å². The van der Waals surface area contributed by atoms with Crippen LogP contribution in [0.2, 0.25) is 0 Å². The number of aromatic nitrogens is 3. The fourth-order valence-electron chi connectivity index (χ4n) is 3.98. The van der Waals surface area contributed by atoms with Crippen LogP contribution in [0.15, 0.2) is 97.2 Å². The van der Waals surface area contributed by atoms with E-state index in [1.807, 2.05) is 78.9 Å². The van der Waals surface area contributed by atoms with Crippen molar-refractivity contribution in [1.29, 1.82) is 0 Å². The molecule has 5 rings (SSSR count). The zero-order chi connectivity index (χ0) is 27.7. The molecule has 2 aromatic heterocycles. The third-order valence-electron chi connectivity index (χ3n) is 5.92. The summed E-state index contributed by atoms with van der Waals surface area (Å²) in [4.78, 5) is 36.7. The molecule has 0 saturated carbocycles. The fourth-order valence-corrected chi connectivity index (χ4v) is 3.98. The number of hydrazine groups is 2. The first-order valence-corrected chi connectivity index (χ1v) is 12.6. The lowest BCUT2D eigenvalue weighted by Crippen LogP contribution is -2.48. The van der Waals surface area contributed by atoms with Crippen molar-refractivity contribution in [3.05, 3.63) is 97.2 Å². The smallest absolute Gasteiger partial charge is 0.410 e. The van der Waals surface area contributed by atoms with E-state index in [1.165, 1.54) is 0 Å². The Morgan fingerprint density at radius 3 is 2.35 bits per heavy atom. The van der Waals surface area contributed by atoms with Gasteiger partial charge in [0.05, 0.1) is 22.8 Å². The average Bonchev–Trinajstić information content (AvgIpc) is 3.42. The van der Waals surface area contributed by atoms with Gasteiger partial charge in [0.25, 0.3) is 0 Å². The van der Waals surface area contributed by atoms with E-state index < -0.39 is 6.09 Å².